The van der Waals surface area contributed by atoms with Crippen LogP contribution in [-0.4, -0.2) is 69.8 Å². The summed E-state index contributed by atoms with van der Waals surface area (Å²) in [5.74, 6) is -0.141. The van der Waals surface area contributed by atoms with Gasteiger partial charge in [-0.3, -0.25) is 4.79 Å². The maximum Gasteiger partial charge on any atom is 0.243 e. The highest BCUT2D eigenvalue weighted by atomic mass is 35.5. The fourth-order valence-electron chi connectivity index (χ4n) is 3.48. The third kappa shape index (κ3) is 4.16. The molecular weight excluding hydrogens is 362 g/mol. The van der Waals surface area contributed by atoms with Gasteiger partial charge in [-0.2, -0.15) is 4.31 Å². The van der Waals surface area contributed by atoms with Gasteiger partial charge >= 0.3 is 0 Å². The number of rotatable bonds is 3. The average Bonchev–Trinajstić information content (AvgIpc) is 2.62. The summed E-state index contributed by atoms with van der Waals surface area (Å²) in [6, 6.07) is 6.19. The van der Waals surface area contributed by atoms with Crippen LogP contribution >= 0.6 is 11.6 Å². The quantitative estimate of drug-likeness (QED) is 0.801. The largest absolute Gasteiger partial charge is 0.334 e. The van der Waals surface area contributed by atoms with Gasteiger partial charge in [-0.05, 0) is 37.1 Å². The van der Waals surface area contributed by atoms with Gasteiger partial charge in [0.25, 0.3) is 0 Å². The van der Waals surface area contributed by atoms with Gasteiger partial charge in [-0.15, -0.1) is 0 Å². The van der Waals surface area contributed by atoms with Crippen LogP contribution in [0.3, 0.4) is 0 Å². The molecule has 25 heavy (non-hydrogen) atoms. The molecule has 1 aromatic carbocycles. The Morgan fingerprint density at radius 2 is 1.80 bits per heavy atom. The van der Waals surface area contributed by atoms with Gasteiger partial charge in [0.15, 0.2) is 0 Å². The molecule has 1 amide bonds. The number of piperidine rings is 1. The number of piperazine rings is 1. The normalized spacial score (nSPS) is 23.6. The molecule has 0 unspecified atom stereocenters. The Morgan fingerprint density at radius 1 is 1.16 bits per heavy atom. The van der Waals surface area contributed by atoms with Crippen molar-refractivity contribution in [3.05, 3.63) is 29.3 Å². The van der Waals surface area contributed by atoms with E-state index in [0.29, 0.717) is 18.0 Å². The molecule has 2 fully saturated rings. The molecule has 2 heterocycles. The number of sulfonamides is 1. The van der Waals surface area contributed by atoms with Crippen LogP contribution in [-0.2, 0) is 14.8 Å². The molecule has 1 N–H and O–H groups in total. The van der Waals surface area contributed by atoms with Crippen molar-refractivity contribution in [1.82, 2.24) is 9.21 Å². The van der Waals surface area contributed by atoms with E-state index in [0.717, 1.165) is 32.6 Å². The van der Waals surface area contributed by atoms with Crippen molar-refractivity contribution in [2.75, 3.05) is 46.3 Å². The minimum Gasteiger partial charge on any atom is -0.334 e. The first-order chi connectivity index (χ1) is 11.9. The molecule has 0 aromatic heterocycles. The Balaban J connectivity index is 1.70. The van der Waals surface area contributed by atoms with E-state index < -0.39 is 10.0 Å². The van der Waals surface area contributed by atoms with Gasteiger partial charge in [0.2, 0.25) is 15.9 Å². The Bertz CT molecular complexity index is 715. The molecule has 0 aliphatic carbocycles. The highest BCUT2D eigenvalue weighted by molar-refractivity contribution is 7.89. The van der Waals surface area contributed by atoms with Crippen LogP contribution in [0.5, 0.6) is 0 Å². The number of halogens is 1. The van der Waals surface area contributed by atoms with Crippen LogP contribution in [0, 0.1) is 5.92 Å². The van der Waals surface area contributed by atoms with E-state index in [1.54, 1.807) is 12.1 Å². The first kappa shape index (κ1) is 18.6. The number of quaternary nitrogens is 1. The van der Waals surface area contributed by atoms with E-state index in [2.05, 4.69) is 7.05 Å². The monoisotopic (exact) mass is 386 g/mol. The first-order valence-corrected chi connectivity index (χ1v) is 10.6. The third-order valence-corrected chi connectivity index (χ3v) is 7.24. The van der Waals surface area contributed by atoms with Crippen LogP contribution in [0.4, 0.5) is 0 Å². The summed E-state index contributed by atoms with van der Waals surface area (Å²) >= 11 is 5.85. The maximum absolute atomic E-state index is 12.8. The van der Waals surface area contributed by atoms with E-state index >= 15 is 0 Å². The zero-order valence-electron chi connectivity index (χ0n) is 14.4. The smallest absolute Gasteiger partial charge is 0.243 e. The number of amides is 1. The highest BCUT2D eigenvalue weighted by Gasteiger charge is 2.36. The average molecular weight is 387 g/mol. The fourth-order valence-corrected chi connectivity index (χ4v) is 5.13. The van der Waals surface area contributed by atoms with Crippen molar-refractivity contribution in [3.63, 3.8) is 0 Å². The van der Waals surface area contributed by atoms with E-state index in [1.807, 2.05) is 4.90 Å². The van der Waals surface area contributed by atoms with Gasteiger partial charge < -0.3 is 9.80 Å². The number of carbonyl (C=O) groups is 1. The van der Waals surface area contributed by atoms with Crippen LogP contribution in [0.25, 0.3) is 0 Å². The lowest BCUT2D eigenvalue weighted by atomic mass is 9.98. The van der Waals surface area contributed by atoms with E-state index in [4.69, 9.17) is 11.6 Å². The molecule has 1 aromatic rings. The topological polar surface area (TPSA) is 62.1 Å². The number of hydrogen-bond acceptors (Lipinski definition) is 3. The number of likely N-dealkylation sites (N-methyl/N-ethyl adjacent to an activating group) is 1. The molecule has 2 saturated heterocycles. The molecule has 2 aliphatic heterocycles. The lowest BCUT2D eigenvalue weighted by Crippen LogP contribution is -3.12. The number of carbonyl (C=O) groups excluding carboxylic acids is 1. The van der Waals surface area contributed by atoms with Gasteiger partial charge in [-0.25, -0.2) is 8.42 Å². The summed E-state index contributed by atoms with van der Waals surface area (Å²) < 4.78 is 27.1. The summed E-state index contributed by atoms with van der Waals surface area (Å²) in [6.07, 6.45) is 1.47. The number of benzene rings is 1. The number of hydrogen-bond donors (Lipinski definition) is 1. The van der Waals surface area contributed by atoms with Gasteiger partial charge in [0, 0.05) is 18.1 Å². The summed E-state index contributed by atoms with van der Waals surface area (Å²) in [4.78, 5) is 16.4. The molecule has 0 spiro atoms. The van der Waals surface area contributed by atoms with E-state index in [-0.39, 0.29) is 23.3 Å². The van der Waals surface area contributed by atoms with Crippen molar-refractivity contribution < 1.29 is 18.1 Å². The minimum absolute atomic E-state index is 0.100. The SMILES string of the molecule is C[NH+]1CCN(C(=O)[C@@H]2CCCN(S(=O)(=O)c3ccc(Cl)cc3)C2)CC1. The molecule has 0 bridgehead atoms. The van der Waals surface area contributed by atoms with Crippen molar-refractivity contribution in [2.45, 2.75) is 17.7 Å². The second-order valence-corrected chi connectivity index (χ2v) is 9.31. The zero-order chi connectivity index (χ0) is 18.0. The summed E-state index contributed by atoms with van der Waals surface area (Å²) in [6.45, 7) is 4.14. The standard InChI is InChI=1S/C17H24ClN3O3S/c1-19-9-11-20(12-10-19)17(22)14-3-2-8-21(13-14)25(23,24)16-6-4-15(18)5-7-16/h4-7,14H,2-3,8-13H2,1H3/p+1/t14-/m1/s1. The number of nitrogens with zero attached hydrogens (tertiary/aromatic N) is 2. The lowest BCUT2D eigenvalue weighted by molar-refractivity contribution is -0.883. The van der Waals surface area contributed by atoms with Crippen molar-refractivity contribution in [1.29, 1.82) is 0 Å². The lowest BCUT2D eigenvalue weighted by Gasteiger charge is -2.36. The first-order valence-electron chi connectivity index (χ1n) is 8.74. The molecule has 1 atom stereocenters. The molecule has 6 nitrogen and oxygen atoms in total. The van der Waals surface area contributed by atoms with Crippen LogP contribution in [0.1, 0.15) is 12.8 Å². The Morgan fingerprint density at radius 3 is 2.44 bits per heavy atom. The summed E-state index contributed by atoms with van der Waals surface area (Å²) in [5.41, 5.74) is 0. The summed E-state index contributed by atoms with van der Waals surface area (Å²) in [7, 11) is -1.46. The Hall–Kier alpha value is -1.15. The van der Waals surface area contributed by atoms with Crippen molar-refractivity contribution in [3.8, 4) is 0 Å². The second kappa shape index (κ2) is 7.61. The van der Waals surface area contributed by atoms with Gasteiger partial charge in [0.1, 0.15) is 0 Å². The van der Waals surface area contributed by atoms with Crippen LogP contribution in [0.2, 0.25) is 5.02 Å². The molecule has 0 saturated carbocycles. The Labute approximate surface area is 154 Å². The van der Waals surface area contributed by atoms with E-state index in [1.165, 1.54) is 21.3 Å². The van der Waals surface area contributed by atoms with Gasteiger partial charge in [0.05, 0.1) is 44.0 Å². The van der Waals surface area contributed by atoms with Crippen molar-refractivity contribution in [2.24, 2.45) is 5.92 Å². The predicted molar refractivity (Wildman–Crippen MR) is 96.1 cm³/mol. The fraction of sp³-hybridized carbons (Fsp3) is 0.588. The highest BCUT2D eigenvalue weighted by Crippen LogP contribution is 2.25. The third-order valence-electron chi connectivity index (χ3n) is 5.11. The predicted octanol–water partition coefficient (Wildman–Crippen LogP) is 0.0976. The van der Waals surface area contributed by atoms with E-state index in [9.17, 15) is 13.2 Å². The molecule has 138 valence electrons. The molecule has 2 aliphatic rings. The summed E-state index contributed by atoms with van der Waals surface area (Å²) in [5, 5.41) is 0.503. The Kier molecular flexibility index (Phi) is 5.68. The molecule has 3 rings (SSSR count). The number of nitrogens with one attached hydrogen (secondary N) is 1. The molecule has 0 radical (unpaired) electrons. The minimum atomic E-state index is -3.58. The van der Waals surface area contributed by atoms with Crippen molar-refractivity contribution >= 4 is 27.5 Å². The second-order valence-electron chi connectivity index (χ2n) is 6.94. The molecular formula is C17H25ClN3O3S+. The molecule has 8 heteroatoms. The maximum atomic E-state index is 12.8. The zero-order valence-corrected chi connectivity index (χ0v) is 16.0. The van der Waals surface area contributed by atoms with Crippen LogP contribution in [0.15, 0.2) is 29.2 Å². The van der Waals surface area contributed by atoms with Crippen LogP contribution < -0.4 is 4.90 Å². The van der Waals surface area contributed by atoms with Gasteiger partial charge in [-0.1, -0.05) is 11.6 Å².